The van der Waals surface area contributed by atoms with Crippen LogP contribution < -0.4 is 10.2 Å². The molecule has 1 aliphatic rings. The summed E-state index contributed by atoms with van der Waals surface area (Å²) in [5, 5.41) is 2.83. The third-order valence-corrected chi connectivity index (χ3v) is 4.28. The quantitative estimate of drug-likeness (QED) is 0.916. The minimum Gasteiger partial charge on any atom is -0.348 e. The summed E-state index contributed by atoms with van der Waals surface area (Å²) in [4.78, 5) is 36.4. The van der Waals surface area contributed by atoms with Gasteiger partial charge in [0.15, 0.2) is 0 Å². The Bertz CT molecular complexity index is 784. The minimum atomic E-state index is -0.206. The van der Waals surface area contributed by atoms with E-state index in [0.717, 1.165) is 5.56 Å². The number of amides is 3. The van der Waals surface area contributed by atoms with Crippen molar-refractivity contribution in [2.75, 3.05) is 18.0 Å². The van der Waals surface area contributed by atoms with Gasteiger partial charge in [0.25, 0.3) is 5.91 Å². The van der Waals surface area contributed by atoms with Gasteiger partial charge in [0.1, 0.15) is 5.82 Å². The average Bonchev–Trinajstić information content (AvgIpc) is 3.02. The molecule has 136 valence electrons. The van der Waals surface area contributed by atoms with Crippen molar-refractivity contribution in [1.29, 1.82) is 0 Å². The average molecular weight is 353 g/mol. The van der Waals surface area contributed by atoms with Crippen LogP contribution in [-0.2, 0) is 6.54 Å². The van der Waals surface area contributed by atoms with Gasteiger partial charge in [-0.05, 0) is 44.5 Å². The zero-order valence-electron chi connectivity index (χ0n) is 15.3. The Morgan fingerprint density at radius 1 is 1.19 bits per heavy atom. The molecule has 2 aromatic heterocycles. The SMILES string of the molecule is CC(C)(C)N1CCN(c2ccc(CNC(=O)c3cccnc3)cn2)C1=O. The van der Waals surface area contributed by atoms with Crippen molar-refractivity contribution in [2.45, 2.75) is 32.9 Å². The predicted octanol–water partition coefficient (Wildman–Crippen LogP) is 2.45. The lowest BCUT2D eigenvalue weighted by atomic mass is 10.1. The van der Waals surface area contributed by atoms with Gasteiger partial charge >= 0.3 is 6.03 Å². The second-order valence-corrected chi connectivity index (χ2v) is 7.21. The number of hydrogen-bond donors (Lipinski definition) is 1. The molecular weight excluding hydrogens is 330 g/mol. The fourth-order valence-corrected chi connectivity index (χ4v) is 2.83. The predicted molar refractivity (Wildman–Crippen MR) is 98.8 cm³/mol. The number of urea groups is 1. The zero-order valence-corrected chi connectivity index (χ0v) is 15.3. The molecule has 0 aliphatic carbocycles. The van der Waals surface area contributed by atoms with Crippen molar-refractivity contribution in [3.05, 3.63) is 54.0 Å². The lowest BCUT2D eigenvalue weighted by molar-refractivity contribution is 0.0950. The van der Waals surface area contributed by atoms with Gasteiger partial charge in [-0.15, -0.1) is 0 Å². The largest absolute Gasteiger partial charge is 0.348 e. The summed E-state index contributed by atoms with van der Waals surface area (Å²) < 4.78 is 0. The highest BCUT2D eigenvalue weighted by molar-refractivity contribution is 5.94. The van der Waals surface area contributed by atoms with Crippen LogP contribution in [0.5, 0.6) is 0 Å². The van der Waals surface area contributed by atoms with E-state index in [1.54, 1.807) is 29.4 Å². The summed E-state index contributed by atoms with van der Waals surface area (Å²) in [6.45, 7) is 7.75. The number of aromatic nitrogens is 2. The van der Waals surface area contributed by atoms with Crippen molar-refractivity contribution >= 4 is 17.8 Å². The van der Waals surface area contributed by atoms with Gasteiger partial charge in [-0.25, -0.2) is 9.78 Å². The number of hydrogen-bond acceptors (Lipinski definition) is 4. The second-order valence-electron chi connectivity index (χ2n) is 7.21. The molecule has 2 aromatic rings. The molecule has 1 aliphatic heterocycles. The summed E-state index contributed by atoms with van der Waals surface area (Å²) in [5.74, 6) is 0.446. The van der Waals surface area contributed by atoms with Gasteiger partial charge in [0.2, 0.25) is 0 Å². The van der Waals surface area contributed by atoms with Gasteiger partial charge in [-0.3, -0.25) is 14.7 Å². The van der Waals surface area contributed by atoms with E-state index in [1.807, 2.05) is 37.8 Å². The lowest BCUT2D eigenvalue weighted by Crippen LogP contribution is -2.44. The van der Waals surface area contributed by atoms with E-state index in [0.29, 0.717) is 31.0 Å². The third kappa shape index (κ3) is 3.82. The molecular formula is C19H23N5O2. The number of carbonyl (C=O) groups is 2. The monoisotopic (exact) mass is 353 g/mol. The molecule has 0 saturated carbocycles. The van der Waals surface area contributed by atoms with Crippen LogP contribution in [0.2, 0.25) is 0 Å². The topological polar surface area (TPSA) is 78.4 Å². The standard InChI is InChI=1S/C19H23N5O2/c1-19(2,3)24-10-9-23(18(24)26)16-7-6-14(11-21-16)12-22-17(25)15-5-4-8-20-13-15/h4-8,11,13H,9-10,12H2,1-3H3,(H,22,25). The van der Waals surface area contributed by atoms with E-state index in [2.05, 4.69) is 15.3 Å². The highest BCUT2D eigenvalue weighted by Gasteiger charge is 2.36. The van der Waals surface area contributed by atoms with Crippen molar-refractivity contribution < 1.29 is 9.59 Å². The molecule has 0 bridgehead atoms. The van der Waals surface area contributed by atoms with Crippen LogP contribution in [0.25, 0.3) is 0 Å². The third-order valence-electron chi connectivity index (χ3n) is 4.28. The van der Waals surface area contributed by atoms with Gasteiger partial charge in [0.05, 0.1) is 5.56 Å². The number of carbonyl (C=O) groups excluding carboxylic acids is 2. The Morgan fingerprint density at radius 2 is 2.00 bits per heavy atom. The number of anilines is 1. The molecule has 1 saturated heterocycles. The number of pyridine rings is 2. The molecule has 3 heterocycles. The summed E-state index contributed by atoms with van der Waals surface area (Å²) in [7, 11) is 0. The number of nitrogens with one attached hydrogen (secondary N) is 1. The Labute approximate surface area is 153 Å². The maximum absolute atomic E-state index is 12.6. The van der Waals surface area contributed by atoms with Crippen molar-refractivity contribution in [3.8, 4) is 0 Å². The van der Waals surface area contributed by atoms with Crippen LogP contribution in [-0.4, -0.2) is 45.4 Å². The fraction of sp³-hybridized carbons (Fsp3) is 0.368. The first-order valence-electron chi connectivity index (χ1n) is 8.58. The molecule has 1 fully saturated rings. The first-order chi connectivity index (χ1) is 12.4. The molecule has 0 atom stereocenters. The van der Waals surface area contributed by atoms with Crippen molar-refractivity contribution in [2.24, 2.45) is 0 Å². The molecule has 3 rings (SSSR count). The van der Waals surface area contributed by atoms with E-state index in [9.17, 15) is 9.59 Å². The maximum atomic E-state index is 12.6. The van der Waals surface area contributed by atoms with Gasteiger partial charge in [-0.1, -0.05) is 6.07 Å². The van der Waals surface area contributed by atoms with Gasteiger partial charge in [0, 0.05) is 43.8 Å². The molecule has 0 unspecified atom stereocenters. The summed E-state index contributed by atoms with van der Waals surface area (Å²) in [6.07, 6.45) is 4.84. The fourth-order valence-electron chi connectivity index (χ4n) is 2.83. The van der Waals surface area contributed by atoms with E-state index < -0.39 is 0 Å². The lowest BCUT2D eigenvalue weighted by Gasteiger charge is -2.31. The highest BCUT2D eigenvalue weighted by atomic mass is 16.2. The van der Waals surface area contributed by atoms with Crippen LogP contribution in [0.4, 0.5) is 10.6 Å². The number of nitrogens with zero attached hydrogens (tertiary/aromatic N) is 4. The number of rotatable bonds is 4. The maximum Gasteiger partial charge on any atom is 0.326 e. The van der Waals surface area contributed by atoms with Crippen LogP contribution in [0.3, 0.4) is 0 Å². The molecule has 26 heavy (non-hydrogen) atoms. The molecule has 3 amide bonds. The van der Waals surface area contributed by atoms with E-state index in [1.165, 1.54) is 6.20 Å². The second kappa shape index (κ2) is 7.11. The Hall–Kier alpha value is -2.96. The Kier molecular flexibility index (Phi) is 4.88. The summed E-state index contributed by atoms with van der Waals surface area (Å²) in [6, 6.07) is 7.10. The molecule has 0 radical (unpaired) electrons. The summed E-state index contributed by atoms with van der Waals surface area (Å²) >= 11 is 0. The van der Waals surface area contributed by atoms with Crippen LogP contribution in [0, 0.1) is 0 Å². The molecule has 0 spiro atoms. The van der Waals surface area contributed by atoms with E-state index >= 15 is 0 Å². The first kappa shape index (κ1) is 17.8. The zero-order chi connectivity index (χ0) is 18.7. The Balaban J connectivity index is 1.61. The van der Waals surface area contributed by atoms with Gasteiger partial charge < -0.3 is 10.2 Å². The normalized spacial score (nSPS) is 14.7. The van der Waals surface area contributed by atoms with E-state index in [-0.39, 0.29) is 17.5 Å². The van der Waals surface area contributed by atoms with Gasteiger partial charge in [-0.2, -0.15) is 0 Å². The molecule has 7 heteroatoms. The minimum absolute atomic E-state index is 0.0253. The van der Waals surface area contributed by atoms with Crippen LogP contribution in [0.1, 0.15) is 36.7 Å². The smallest absolute Gasteiger partial charge is 0.326 e. The van der Waals surface area contributed by atoms with Crippen LogP contribution in [0.15, 0.2) is 42.9 Å². The van der Waals surface area contributed by atoms with Crippen LogP contribution >= 0.6 is 0 Å². The Morgan fingerprint density at radius 3 is 2.58 bits per heavy atom. The highest BCUT2D eigenvalue weighted by Crippen LogP contribution is 2.24. The molecule has 7 nitrogen and oxygen atoms in total. The molecule has 0 aromatic carbocycles. The van der Waals surface area contributed by atoms with Crippen molar-refractivity contribution in [1.82, 2.24) is 20.2 Å². The first-order valence-corrected chi connectivity index (χ1v) is 8.58. The van der Waals surface area contributed by atoms with E-state index in [4.69, 9.17) is 0 Å². The van der Waals surface area contributed by atoms with Crippen molar-refractivity contribution in [3.63, 3.8) is 0 Å². The molecule has 1 N–H and O–H groups in total. The summed E-state index contributed by atoms with van der Waals surface area (Å²) in [5.41, 5.74) is 1.18.